The van der Waals surface area contributed by atoms with E-state index in [1.165, 1.54) is 24.3 Å². The molecule has 2 atom stereocenters. The SMILES string of the molecule is O=C(C1CC1c1ccccc1C(F)(F)F)N1CCN(c2ccc(F)cc2)CC1. The number of hydrogen-bond acceptors (Lipinski definition) is 2. The van der Waals surface area contributed by atoms with Crippen LogP contribution in [0.15, 0.2) is 48.5 Å². The molecular weight excluding hydrogens is 372 g/mol. The summed E-state index contributed by atoms with van der Waals surface area (Å²) in [4.78, 5) is 16.6. The zero-order chi connectivity index (χ0) is 19.9. The molecular formula is C21H20F4N2O. The van der Waals surface area contributed by atoms with Gasteiger partial charge in [-0.3, -0.25) is 4.79 Å². The molecule has 4 rings (SSSR count). The highest BCUT2D eigenvalue weighted by Crippen LogP contribution is 2.51. The van der Waals surface area contributed by atoms with Crippen LogP contribution in [0.2, 0.25) is 0 Å². The fourth-order valence-corrected chi connectivity index (χ4v) is 3.96. The Morgan fingerprint density at radius 2 is 1.57 bits per heavy atom. The van der Waals surface area contributed by atoms with Crippen molar-refractivity contribution in [3.63, 3.8) is 0 Å². The molecule has 1 heterocycles. The minimum atomic E-state index is -4.41. The van der Waals surface area contributed by atoms with E-state index in [1.807, 2.05) is 0 Å². The van der Waals surface area contributed by atoms with Gasteiger partial charge in [0.15, 0.2) is 0 Å². The van der Waals surface area contributed by atoms with Gasteiger partial charge >= 0.3 is 6.18 Å². The standard InChI is InChI=1S/C21H20F4N2O/c22-14-5-7-15(8-6-14)26-9-11-27(12-10-26)20(28)18-13-17(18)16-3-1-2-4-19(16)21(23,24)25/h1-8,17-18H,9-13H2. The van der Waals surface area contributed by atoms with Gasteiger partial charge in [0.25, 0.3) is 0 Å². The average Bonchev–Trinajstić information content (AvgIpc) is 3.48. The van der Waals surface area contributed by atoms with Crippen molar-refractivity contribution in [2.45, 2.75) is 18.5 Å². The first-order chi connectivity index (χ1) is 13.3. The molecule has 1 saturated carbocycles. The molecule has 148 valence electrons. The van der Waals surface area contributed by atoms with Gasteiger partial charge in [0, 0.05) is 37.8 Å². The van der Waals surface area contributed by atoms with Crippen LogP contribution in [-0.2, 0) is 11.0 Å². The van der Waals surface area contributed by atoms with Gasteiger partial charge in [-0.15, -0.1) is 0 Å². The molecule has 7 heteroatoms. The summed E-state index contributed by atoms with van der Waals surface area (Å²) in [6.45, 7) is 2.27. The number of amides is 1. The van der Waals surface area contributed by atoms with E-state index in [2.05, 4.69) is 4.90 Å². The molecule has 3 nitrogen and oxygen atoms in total. The highest BCUT2D eigenvalue weighted by molar-refractivity contribution is 5.83. The predicted octanol–water partition coefficient (Wildman–Crippen LogP) is 4.30. The third-order valence-corrected chi connectivity index (χ3v) is 5.56. The number of rotatable bonds is 3. The first-order valence-electron chi connectivity index (χ1n) is 9.30. The van der Waals surface area contributed by atoms with Crippen LogP contribution in [0.5, 0.6) is 0 Å². The lowest BCUT2D eigenvalue weighted by Crippen LogP contribution is -2.49. The number of halogens is 4. The van der Waals surface area contributed by atoms with Gasteiger partial charge in [0.05, 0.1) is 5.56 Å². The molecule has 0 radical (unpaired) electrons. The van der Waals surface area contributed by atoms with E-state index in [9.17, 15) is 22.4 Å². The molecule has 2 fully saturated rings. The molecule has 1 amide bonds. The van der Waals surface area contributed by atoms with Crippen molar-refractivity contribution >= 4 is 11.6 Å². The fourth-order valence-electron chi connectivity index (χ4n) is 3.96. The van der Waals surface area contributed by atoms with Gasteiger partial charge < -0.3 is 9.80 Å². The van der Waals surface area contributed by atoms with E-state index in [1.54, 1.807) is 23.1 Å². The second-order valence-corrected chi connectivity index (χ2v) is 7.32. The number of benzene rings is 2. The molecule has 28 heavy (non-hydrogen) atoms. The lowest BCUT2D eigenvalue weighted by Gasteiger charge is -2.36. The van der Waals surface area contributed by atoms with Crippen LogP contribution in [0.4, 0.5) is 23.2 Å². The number of carbonyl (C=O) groups is 1. The van der Waals surface area contributed by atoms with Crippen molar-refractivity contribution in [3.05, 3.63) is 65.5 Å². The summed E-state index contributed by atoms with van der Waals surface area (Å²) in [5.41, 5.74) is 0.478. The summed E-state index contributed by atoms with van der Waals surface area (Å²) in [6.07, 6.45) is -3.95. The Morgan fingerprint density at radius 1 is 0.929 bits per heavy atom. The Kier molecular flexibility index (Phi) is 4.77. The molecule has 1 aliphatic carbocycles. The Morgan fingerprint density at radius 3 is 2.21 bits per heavy atom. The normalized spacial score (nSPS) is 22.3. The Bertz CT molecular complexity index is 857. The van der Waals surface area contributed by atoms with Gasteiger partial charge in [-0.05, 0) is 48.2 Å². The number of alkyl halides is 3. The summed E-state index contributed by atoms with van der Waals surface area (Å²) in [5, 5.41) is 0. The van der Waals surface area contributed by atoms with Crippen LogP contribution in [-0.4, -0.2) is 37.0 Å². The Hall–Kier alpha value is -2.57. The lowest BCUT2D eigenvalue weighted by atomic mass is 10.0. The molecule has 1 aliphatic heterocycles. The summed E-state index contributed by atoms with van der Waals surface area (Å²) in [6, 6.07) is 11.7. The van der Waals surface area contributed by atoms with Crippen molar-refractivity contribution < 1.29 is 22.4 Å². The van der Waals surface area contributed by atoms with Crippen molar-refractivity contribution in [2.24, 2.45) is 5.92 Å². The molecule has 2 aromatic carbocycles. The topological polar surface area (TPSA) is 23.6 Å². The highest BCUT2D eigenvalue weighted by atomic mass is 19.4. The quantitative estimate of drug-likeness (QED) is 0.728. The third kappa shape index (κ3) is 3.70. The second-order valence-electron chi connectivity index (χ2n) is 7.32. The van der Waals surface area contributed by atoms with E-state index in [4.69, 9.17) is 0 Å². The molecule has 0 aromatic heterocycles. The van der Waals surface area contributed by atoms with Crippen LogP contribution in [0.1, 0.15) is 23.5 Å². The summed E-state index contributed by atoms with van der Waals surface area (Å²) < 4.78 is 52.7. The van der Waals surface area contributed by atoms with Crippen molar-refractivity contribution in [2.75, 3.05) is 31.1 Å². The Balaban J connectivity index is 1.38. The minimum Gasteiger partial charge on any atom is -0.368 e. The molecule has 0 bridgehead atoms. The lowest BCUT2D eigenvalue weighted by molar-refractivity contribution is -0.138. The number of carbonyl (C=O) groups excluding carboxylic acids is 1. The zero-order valence-electron chi connectivity index (χ0n) is 15.1. The molecule has 1 saturated heterocycles. The maximum absolute atomic E-state index is 13.2. The van der Waals surface area contributed by atoms with Crippen LogP contribution in [0.3, 0.4) is 0 Å². The Labute approximate surface area is 160 Å². The van der Waals surface area contributed by atoms with Crippen molar-refractivity contribution in [1.82, 2.24) is 4.90 Å². The molecule has 2 unspecified atom stereocenters. The molecule has 0 spiro atoms. The smallest absolute Gasteiger partial charge is 0.368 e. The van der Waals surface area contributed by atoms with Gasteiger partial charge in [-0.25, -0.2) is 4.39 Å². The number of nitrogens with zero attached hydrogens (tertiary/aromatic N) is 2. The van der Waals surface area contributed by atoms with E-state index in [0.717, 1.165) is 11.8 Å². The van der Waals surface area contributed by atoms with Gasteiger partial charge in [0.1, 0.15) is 5.82 Å². The maximum atomic E-state index is 13.2. The largest absolute Gasteiger partial charge is 0.416 e. The third-order valence-electron chi connectivity index (χ3n) is 5.56. The van der Waals surface area contributed by atoms with Crippen LogP contribution in [0.25, 0.3) is 0 Å². The van der Waals surface area contributed by atoms with Crippen LogP contribution >= 0.6 is 0 Å². The van der Waals surface area contributed by atoms with E-state index in [-0.39, 0.29) is 29.1 Å². The predicted molar refractivity (Wildman–Crippen MR) is 97.5 cm³/mol. The minimum absolute atomic E-state index is 0.0688. The maximum Gasteiger partial charge on any atom is 0.416 e. The number of hydrogen-bond donors (Lipinski definition) is 0. The van der Waals surface area contributed by atoms with Gasteiger partial charge in [-0.2, -0.15) is 13.2 Å². The molecule has 2 aliphatic rings. The van der Waals surface area contributed by atoms with E-state index >= 15 is 0 Å². The summed E-state index contributed by atoms with van der Waals surface area (Å²) in [5.74, 6) is -1.10. The number of anilines is 1. The highest BCUT2D eigenvalue weighted by Gasteiger charge is 2.49. The number of piperazine rings is 1. The van der Waals surface area contributed by atoms with Crippen molar-refractivity contribution in [3.8, 4) is 0 Å². The molecule has 0 N–H and O–H groups in total. The van der Waals surface area contributed by atoms with Crippen LogP contribution < -0.4 is 4.90 Å². The first-order valence-corrected chi connectivity index (χ1v) is 9.30. The fraction of sp³-hybridized carbons (Fsp3) is 0.381. The molecule has 2 aromatic rings. The second kappa shape index (κ2) is 7.11. The zero-order valence-corrected chi connectivity index (χ0v) is 15.1. The summed E-state index contributed by atoms with van der Waals surface area (Å²) >= 11 is 0. The van der Waals surface area contributed by atoms with Gasteiger partial charge in [-0.1, -0.05) is 18.2 Å². The average molecular weight is 392 g/mol. The van der Waals surface area contributed by atoms with E-state index < -0.39 is 11.7 Å². The first kappa shape index (κ1) is 18.8. The van der Waals surface area contributed by atoms with Crippen molar-refractivity contribution in [1.29, 1.82) is 0 Å². The monoisotopic (exact) mass is 392 g/mol. The summed E-state index contributed by atoms with van der Waals surface area (Å²) in [7, 11) is 0. The van der Waals surface area contributed by atoms with E-state index in [0.29, 0.717) is 32.6 Å². The van der Waals surface area contributed by atoms with Gasteiger partial charge in [0.2, 0.25) is 5.91 Å². The van der Waals surface area contributed by atoms with Crippen LogP contribution in [0, 0.1) is 11.7 Å².